The van der Waals surface area contributed by atoms with Crippen molar-refractivity contribution in [1.82, 2.24) is 18.7 Å². The van der Waals surface area contributed by atoms with Crippen LogP contribution in [0.2, 0.25) is 5.02 Å². The third kappa shape index (κ3) is 2.96. The van der Waals surface area contributed by atoms with Crippen LogP contribution in [0.15, 0.2) is 40.2 Å². The molecule has 3 aromatic rings. The Hall–Kier alpha value is -2.41. The van der Waals surface area contributed by atoms with Crippen molar-refractivity contribution in [3.63, 3.8) is 0 Å². The fourth-order valence-electron chi connectivity index (χ4n) is 3.58. The van der Waals surface area contributed by atoms with Crippen molar-refractivity contribution in [1.29, 1.82) is 0 Å². The van der Waals surface area contributed by atoms with Gasteiger partial charge in [0.15, 0.2) is 0 Å². The van der Waals surface area contributed by atoms with Crippen LogP contribution in [0.1, 0.15) is 32.1 Å². The van der Waals surface area contributed by atoms with E-state index in [1.165, 1.54) is 63.5 Å². The molecule has 0 atom stereocenters. The van der Waals surface area contributed by atoms with Crippen LogP contribution in [0.5, 0.6) is 0 Å². The first-order chi connectivity index (χ1) is 12.5. The summed E-state index contributed by atoms with van der Waals surface area (Å²) in [6, 6.07) is 4.02. The number of nitrogens with zero attached hydrogens (tertiary/aromatic N) is 4. The van der Waals surface area contributed by atoms with Gasteiger partial charge in [-0.25, -0.2) is 18.3 Å². The Morgan fingerprint density at radius 2 is 1.92 bits per heavy atom. The number of hydrogen-bond donors (Lipinski definition) is 0. The number of fused-ring (bicyclic) bond motifs is 1. The molecule has 0 spiro atoms. The number of aromatic nitrogens is 4. The zero-order valence-corrected chi connectivity index (χ0v) is 14.8. The van der Waals surface area contributed by atoms with Crippen LogP contribution in [0.4, 0.5) is 4.39 Å². The van der Waals surface area contributed by atoms with Crippen molar-refractivity contribution < 1.29 is 4.39 Å². The Morgan fingerprint density at radius 1 is 1.15 bits per heavy atom. The van der Waals surface area contributed by atoms with Gasteiger partial charge in [0.2, 0.25) is 5.65 Å². The standard InChI is InChI=1S/C18H18ClFN4O2/c19-14-10-13(6-7-15(14)20)22-8-9-23-16(17(22)25)21-24(18(23)26)11-12-4-2-1-3-5-12/h6-10,12H,1-5,11H2. The molecular formula is C18H18ClFN4O2. The van der Waals surface area contributed by atoms with Crippen molar-refractivity contribution in [2.24, 2.45) is 5.92 Å². The van der Waals surface area contributed by atoms with Crippen LogP contribution >= 0.6 is 11.6 Å². The minimum Gasteiger partial charge on any atom is -0.280 e. The minimum absolute atomic E-state index is 0.0498. The summed E-state index contributed by atoms with van der Waals surface area (Å²) in [4.78, 5) is 25.3. The second kappa shape index (κ2) is 6.72. The molecular weight excluding hydrogens is 359 g/mol. The van der Waals surface area contributed by atoms with E-state index in [0.717, 1.165) is 12.8 Å². The smallest absolute Gasteiger partial charge is 0.280 e. The largest absolute Gasteiger partial charge is 0.350 e. The summed E-state index contributed by atoms with van der Waals surface area (Å²) in [6.45, 7) is 0.530. The SMILES string of the molecule is O=c1c2nn(CC3CCCCC3)c(=O)n2ccn1-c1ccc(F)c(Cl)c1. The molecule has 0 radical (unpaired) electrons. The molecule has 0 bridgehead atoms. The summed E-state index contributed by atoms with van der Waals surface area (Å²) in [5, 5.41) is 4.18. The van der Waals surface area contributed by atoms with Gasteiger partial charge in [0.1, 0.15) is 5.82 Å². The van der Waals surface area contributed by atoms with Crippen molar-refractivity contribution in [3.8, 4) is 5.69 Å². The van der Waals surface area contributed by atoms with E-state index in [0.29, 0.717) is 18.2 Å². The first kappa shape index (κ1) is 17.0. The highest BCUT2D eigenvalue weighted by molar-refractivity contribution is 6.30. The van der Waals surface area contributed by atoms with Gasteiger partial charge in [0.05, 0.1) is 10.7 Å². The van der Waals surface area contributed by atoms with Crippen molar-refractivity contribution in [2.45, 2.75) is 38.6 Å². The number of halogens is 2. The third-order valence-corrected chi connectivity index (χ3v) is 5.27. The van der Waals surface area contributed by atoms with Crippen molar-refractivity contribution >= 4 is 17.2 Å². The van der Waals surface area contributed by atoms with Crippen LogP contribution in [0, 0.1) is 11.7 Å². The average Bonchev–Trinajstić information content (AvgIpc) is 2.96. The van der Waals surface area contributed by atoms with Crippen LogP contribution in [0.3, 0.4) is 0 Å². The Kier molecular flexibility index (Phi) is 4.40. The van der Waals surface area contributed by atoms with Crippen molar-refractivity contribution in [2.75, 3.05) is 0 Å². The summed E-state index contributed by atoms with van der Waals surface area (Å²) in [7, 11) is 0. The van der Waals surface area contributed by atoms with E-state index < -0.39 is 11.4 Å². The molecule has 0 aliphatic heterocycles. The second-order valence-corrected chi connectivity index (χ2v) is 7.14. The molecule has 1 fully saturated rings. The van der Waals surface area contributed by atoms with E-state index in [4.69, 9.17) is 11.6 Å². The van der Waals surface area contributed by atoms with Gasteiger partial charge in [-0.05, 0) is 37.0 Å². The van der Waals surface area contributed by atoms with Gasteiger partial charge in [-0.1, -0.05) is 30.9 Å². The number of rotatable bonds is 3. The van der Waals surface area contributed by atoms with Crippen LogP contribution in [-0.4, -0.2) is 18.7 Å². The fraction of sp³-hybridized carbons (Fsp3) is 0.389. The van der Waals surface area contributed by atoms with E-state index in [1.54, 1.807) is 0 Å². The van der Waals surface area contributed by atoms with Gasteiger partial charge in [0, 0.05) is 18.9 Å². The van der Waals surface area contributed by atoms with Gasteiger partial charge in [-0.15, -0.1) is 5.10 Å². The molecule has 0 N–H and O–H groups in total. The molecule has 0 saturated heterocycles. The fourth-order valence-corrected chi connectivity index (χ4v) is 3.76. The van der Waals surface area contributed by atoms with Crippen LogP contribution < -0.4 is 11.2 Å². The Labute approximate surface area is 153 Å². The maximum Gasteiger partial charge on any atom is 0.350 e. The Morgan fingerprint density at radius 3 is 2.65 bits per heavy atom. The predicted octanol–water partition coefficient (Wildman–Crippen LogP) is 3.02. The van der Waals surface area contributed by atoms with E-state index in [-0.39, 0.29) is 16.4 Å². The summed E-state index contributed by atoms with van der Waals surface area (Å²) in [6.07, 6.45) is 8.71. The van der Waals surface area contributed by atoms with Crippen molar-refractivity contribution in [3.05, 3.63) is 62.3 Å². The van der Waals surface area contributed by atoms with E-state index in [9.17, 15) is 14.0 Å². The van der Waals surface area contributed by atoms with Crippen LogP contribution in [0.25, 0.3) is 11.3 Å². The molecule has 1 aliphatic carbocycles. The first-order valence-electron chi connectivity index (χ1n) is 8.71. The number of benzene rings is 1. The van der Waals surface area contributed by atoms with Crippen LogP contribution in [-0.2, 0) is 6.54 Å². The highest BCUT2D eigenvalue weighted by atomic mass is 35.5. The quantitative estimate of drug-likeness (QED) is 0.706. The van der Waals surface area contributed by atoms with Gasteiger partial charge in [-0.3, -0.25) is 9.36 Å². The molecule has 1 aromatic carbocycles. The van der Waals surface area contributed by atoms with Gasteiger partial charge >= 0.3 is 11.2 Å². The lowest BCUT2D eigenvalue weighted by molar-refractivity contribution is 0.304. The lowest BCUT2D eigenvalue weighted by Crippen LogP contribution is -2.26. The molecule has 136 valence electrons. The lowest BCUT2D eigenvalue weighted by Gasteiger charge is -2.20. The van der Waals surface area contributed by atoms with E-state index in [1.807, 2.05) is 0 Å². The second-order valence-electron chi connectivity index (χ2n) is 6.73. The number of hydrogen-bond acceptors (Lipinski definition) is 3. The molecule has 1 saturated carbocycles. The normalized spacial score (nSPS) is 15.6. The summed E-state index contributed by atoms with van der Waals surface area (Å²) < 4.78 is 17.3. The Bertz CT molecular complexity index is 1080. The van der Waals surface area contributed by atoms with Gasteiger partial charge in [0.25, 0.3) is 0 Å². The van der Waals surface area contributed by atoms with E-state index in [2.05, 4.69) is 5.10 Å². The monoisotopic (exact) mass is 376 g/mol. The minimum atomic E-state index is -0.558. The molecule has 1 aliphatic rings. The molecule has 26 heavy (non-hydrogen) atoms. The summed E-state index contributed by atoms with van der Waals surface area (Å²) in [5.41, 5.74) is -0.298. The topological polar surface area (TPSA) is 61.3 Å². The molecule has 2 heterocycles. The maximum atomic E-state index is 13.4. The first-order valence-corrected chi connectivity index (χ1v) is 9.08. The lowest BCUT2D eigenvalue weighted by atomic mass is 9.89. The third-order valence-electron chi connectivity index (χ3n) is 4.98. The Balaban J connectivity index is 1.76. The predicted molar refractivity (Wildman–Crippen MR) is 96.6 cm³/mol. The average molecular weight is 377 g/mol. The zero-order chi connectivity index (χ0) is 18.3. The maximum absolute atomic E-state index is 13.4. The highest BCUT2D eigenvalue weighted by Crippen LogP contribution is 2.24. The molecule has 0 amide bonds. The zero-order valence-electron chi connectivity index (χ0n) is 14.1. The summed E-state index contributed by atoms with van der Waals surface area (Å²) >= 11 is 5.81. The van der Waals surface area contributed by atoms with Gasteiger partial charge < -0.3 is 0 Å². The molecule has 0 unspecified atom stereocenters. The summed E-state index contributed by atoms with van der Waals surface area (Å²) in [5.74, 6) is -0.137. The molecule has 8 heteroatoms. The van der Waals surface area contributed by atoms with Gasteiger partial charge in [-0.2, -0.15) is 0 Å². The highest BCUT2D eigenvalue weighted by Gasteiger charge is 2.18. The molecule has 2 aromatic heterocycles. The van der Waals surface area contributed by atoms with E-state index >= 15 is 0 Å². The molecule has 6 nitrogen and oxygen atoms in total. The molecule has 4 rings (SSSR count).